The van der Waals surface area contributed by atoms with Gasteiger partial charge in [0.05, 0.1) is 16.4 Å². The van der Waals surface area contributed by atoms with Gasteiger partial charge < -0.3 is 10.2 Å². The van der Waals surface area contributed by atoms with E-state index in [0.29, 0.717) is 53.9 Å². The van der Waals surface area contributed by atoms with Crippen LogP contribution in [-0.4, -0.2) is 58.7 Å². The highest BCUT2D eigenvalue weighted by atomic mass is 32.2. The first-order valence-electron chi connectivity index (χ1n) is 10.7. The van der Waals surface area contributed by atoms with Gasteiger partial charge in [-0.1, -0.05) is 11.8 Å². The zero-order chi connectivity index (χ0) is 24.2. The van der Waals surface area contributed by atoms with E-state index in [-0.39, 0.29) is 17.6 Å². The molecule has 2 heterocycles. The number of fused-ring (bicyclic) bond motifs is 1. The van der Waals surface area contributed by atoms with Crippen LogP contribution in [0, 0.1) is 10.1 Å². The topological polar surface area (TPSA) is 91.6 Å². The third-order valence-electron chi connectivity index (χ3n) is 5.90. The molecule has 2 aromatic carbocycles. The Morgan fingerprint density at radius 2 is 1.79 bits per heavy atom. The van der Waals surface area contributed by atoms with E-state index in [1.807, 2.05) is 6.92 Å². The van der Waals surface area contributed by atoms with Crippen molar-refractivity contribution in [2.45, 2.75) is 23.6 Å². The summed E-state index contributed by atoms with van der Waals surface area (Å²) in [4.78, 5) is 32.4. The van der Waals surface area contributed by atoms with E-state index in [1.165, 1.54) is 12.3 Å². The molecule has 0 bridgehead atoms. The number of alkyl halides is 2. The van der Waals surface area contributed by atoms with Crippen LogP contribution in [0.5, 0.6) is 0 Å². The Morgan fingerprint density at radius 3 is 2.44 bits per heavy atom. The van der Waals surface area contributed by atoms with Crippen LogP contribution in [0.1, 0.15) is 6.92 Å². The van der Waals surface area contributed by atoms with Crippen LogP contribution < -0.4 is 10.2 Å². The number of aromatic nitrogens is 1. The van der Waals surface area contributed by atoms with Gasteiger partial charge in [-0.25, -0.2) is 0 Å². The second kappa shape index (κ2) is 10.3. The number of amides is 1. The normalized spacial score (nSPS) is 15.5. The summed E-state index contributed by atoms with van der Waals surface area (Å²) in [7, 11) is 0. The van der Waals surface area contributed by atoms with Gasteiger partial charge in [0.2, 0.25) is 5.91 Å². The Bertz CT molecular complexity index is 1190. The molecule has 1 atom stereocenters. The summed E-state index contributed by atoms with van der Waals surface area (Å²) in [5.74, 6) is -2.66. The Hall–Kier alpha value is -3.31. The van der Waals surface area contributed by atoms with Gasteiger partial charge >= 0.3 is 0 Å². The largest absolute Gasteiger partial charge is 0.368 e. The number of piperazine rings is 1. The molecule has 4 rings (SSSR count). The van der Waals surface area contributed by atoms with Gasteiger partial charge in [0.1, 0.15) is 0 Å². The summed E-state index contributed by atoms with van der Waals surface area (Å²) >= 11 is 0.460. The number of hydrogen-bond donors (Lipinski definition) is 1. The van der Waals surface area contributed by atoms with Crippen molar-refractivity contribution in [3.8, 4) is 0 Å². The summed E-state index contributed by atoms with van der Waals surface area (Å²) in [6.45, 7) is 4.43. The molecule has 8 nitrogen and oxygen atoms in total. The highest BCUT2D eigenvalue weighted by Crippen LogP contribution is 2.33. The van der Waals surface area contributed by atoms with Crippen LogP contribution in [0.25, 0.3) is 10.8 Å². The number of nitrogens with zero attached hydrogens (tertiary/aromatic N) is 4. The van der Waals surface area contributed by atoms with Gasteiger partial charge in [-0.3, -0.25) is 24.8 Å². The van der Waals surface area contributed by atoms with E-state index in [2.05, 4.69) is 20.1 Å². The molecule has 1 aliphatic rings. The number of carbonyl (C=O) groups excluding carboxylic acids is 1. The van der Waals surface area contributed by atoms with Gasteiger partial charge in [0.15, 0.2) is 0 Å². The maximum absolute atomic E-state index is 12.7. The molecule has 0 saturated carbocycles. The molecule has 3 aromatic rings. The molecule has 11 heteroatoms. The van der Waals surface area contributed by atoms with Crippen LogP contribution in [0.3, 0.4) is 0 Å². The minimum Gasteiger partial charge on any atom is -0.368 e. The van der Waals surface area contributed by atoms with Gasteiger partial charge in [0, 0.05) is 66.3 Å². The van der Waals surface area contributed by atoms with Crippen LogP contribution in [0.15, 0.2) is 59.8 Å². The Morgan fingerprint density at radius 1 is 1.09 bits per heavy atom. The molecular formula is C23H23F2N5O3S. The number of halogens is 2. The van der Waals surface area contributed by atoms with Crippen molar-refractivity contribution in [3.05, 3.63) is 65.0 Å². The maximum atomic E-state index is 12.7. The van der Waals surface area contributed by atoms with Gasteiger partial charge in [-0.15, -0.1) is 0 Å². The van der Waals surface area contributed by atoms with E-state index in [4.69, 9.17) is 0 Å². The molecule has 1 aliphatic heterocycles. The zero-order valence-electron chi connectivity index (χ0n) is 18.4. The number of pyridine rings is 1. The maximum Gasteiger partial charge on any atom is 0.288 e. The molecule has 0 spiro atoms. The van der Waals surface area contributed by atoms with Crippen molar-refractivity contribution in [2.75, 3.05) is 36.4 Å². The van der Waals surface area contributed by atoms with Gasteiger partial charge in [-0.05, 0) is 43.3 Å². The zero-order valence-corrected chi connectivity index (χ0v) is 19.2. The summed E-state index contributed by atoms with van der Waals surface area (Å²) in [5.41, 5.74) is 1.48. The molecule has 178 valence electrons. The lowest BCUT2D eigenvalue weighted by Crippen LogP contribution is -2.52. The number of thioether (sulfide) groups is 1. The second-order valence-electron chi connectivity index (χ2n) is 7.87. The molecular weight excluding hydrogens is 464 g/mol. The quantitative estimate of drug-likeness (QED) is 0.296. The minimum absolute atomic E-state index is 0.0246. The predicted octanol–water partition coefficient (Wildman–Crippen LogP) is 4.61. The van der Waals surface area contributed by atoms with Crippen molar-refractivity contribution >= 4 is 45.5 Å². The first-order valence-corrected chi connectivity index (χ1v) is 11.6. The number of hydrogen-bond acceptors (Lipinski definition) is 7. The molecule has 1 aromatic heterocycles. The molecule has 1 saturated heterocycles. The fourth-order valence-electron chi connectivity index (χ4n) is 4.08. The number of rotatable bonds is 7. The SMILES string of the molecule is C[C@H](C(=O)Nc1ccc(SC(F)F)cc1)N1CCN(c2ccc([N+](=O)[O-])c3cnccc23)CC1. The molecule has 1 fully saturated rings. The van der Waals surface area contributed by atoms with Crippen LogP contribution >= 0.6 is 11.8 Å². The molecule has 34 heavy (non-hydrogen) atoms. The smallest absolute Gasteiger partial charge is 0.288 e. The summed E-state index contributed by atoms with van der Waals surface area (Å²) < 4.78 is 24.9. The summed E-state index contributed by atoms with van der Waals surface area (Å²) in [5, 5.41) is 15.5. The average Bonchev–Trinajstić information content (AvgIpc) is 2.83. The summed E-state index contributed by atoms with van der Waals surface area (Å²) in [6, 6.07) is 11.0. The molecule has 1 N–H and O–H groups in total. The number of nitrogens with one attached hydrogen (secondary N) is 1. The first-order chi connectivity index (χ1) is 16.3. The van der Waals surface area contributed by atoms with Crippen molar-refractivity contribution in [2.24, 2.45) is 0 Å². The van der Waals surface area contributed by atoms with E-state index in [9.17, 15) is 23.7 Å². The first kappa shape index (κ1) is 23.8. The second-order valence-corrected chi connectivity index (χ2v) is 8.94. The Labute approximate surface area is 199 Å². The standard InChI is InChI=1S/C23H23F2N5O3S/c1-15(22(31)27-16-2-4-17(5-3-16)34-23(24)25)28-10-12-29(13-11-28)20-6-7-21(30(32)33)19-14-26-9-8-18(19)20/h2-9,14-15,23H,10-13H2,1H3,(H,27,31)/t15-/m1/s1. The third kappa shape index (κ3) is 5.26. The molecule has 1 amide bonds. The molecule has 0 aliphatic carbocycles. The number of benzene rings is 2. The highest BCUT2D eigenvalue weighted by Gasteiger charge is 2.27. The van der Waals surface area contributed by atoms with Crippen molar-refractivity contribution in [1.82, 2.24) is 9.88 Å². The molecule has 0 unspecified atom stereocenters. The van der Waals surface area contributed by atoms with Crippen molar-refractivity contribution in [3.63, 3.8) is 0 Å². The van der Waals surface area contributed by atoms with Crippen LogP contribution in [-0.2, 0) is 4.79 Å². The number of anilines is 2. The van der Waals surface area contributed by atoms with Crippen molar-refractivity contribution in [1.29, 1.82) is 0 Å². The lowest BCUT2D eigenvalue weighted by atomic mass is 10.1. The predicted molar refractivity (Wildman–Crippen MR) is 129 cm³/mol. The number of nitro groups is 1. The lowest BCUT2D eigenvalue weighted by molar-refractivity contribution is -0.383. The Balaban J connectivity index is 1.38. The van der Waals surface area contributed by atoms with E-state index in [1.54, 1.807) is 42.6 Å². The average molecular weight is 488 g/mol. The lowest BCUT2D eigenvalue weighted by Gasteiger charge is -2.38. The van der Waals surface area contributed by atoms with Crippen LogP contribution in [0.4, 0.5) is 25.8 Å². The highest BCUT2D eigenvalue weighted by molar-refractivity contribution is 7.99. The van der Waals surface area contributed by atoms with E-state index >= 15 is 0 Å². The monoisotopic (exact) mass is 487 g/mol. The number of nitro benzene ring substituents is 1. The number of carbonyl (C=O) groups is 1. The van der Waals surface area contributed by atoms with Gasteiger partial charge in [0.25, 0.3) is 11.4 Å². The fraction of sp³-hybridized carbons (Fsp3) is 0.304. The van der Waals surface area contributed by atoms with Crippen LogP contribution in [0.2, 0.25) is 0 Å². The molecule has 0 radical (unpaired) electrons. The third-order valence-corrected chi connectivity index (χ3v) is 6.62. The Kier molecular flexibility index (Phi) is 7.23. The fourth-order valence-corrected chi connectivity index (χ4v) is 4.58. The van der Waals surface area contributed by atoms with E-state index < -0.39 is 10.7 Å². The summed E-state index contributed by atoms with van der Waals surface area (Å²) in [6.07, 6.45) is 3.13. The van der Waals surface area contributed by atoms with Gasteiger partial charge in [-0.2, -0.15) is 8.78 Å². The number of non-ortho nitro benzene ring substituents is 1. The minimum atomic E-state index is -2.49. The van der Waals surface area contributed by atoms with Crippen molar-refractivity contribution < 1.29 is 18.5 Å². The van der Waals surface area contributed by atoms with E-state index in [0.717, 1.165) is 11.1 Å².